The fourth-order valence-corrected chi connectivity index (χ4v) is 4.02. The SMILES string of the molecule is Cc1cc(N)c(S(=O)(=O)c2cccc(F)c2)c(=O)n1CC(=O)NCCON=C(N)N.O=C(O)C(F)(F)F. The van der Waals surface area contributed by atoms with Crippen LogP contribution in [0.15, 0.2) is 50.1 Å². The average Bonchev–Trinajstić information content (AvgIpc) is 2.75. The van der Waals surface area contributed by atoms with Crippen LogP contribution in [-0.2, 0) is 30.8 Å². The van der Waals surface area contributed by atoms with E-state index in [1.165, 1.54) is 19.1 Å². The molecule has 37 heavy (non-hydrogen) atoms. The number of aryl methyl sites for hydroxylation is 1. The predicted octanol–water partition coefficient (Wildman–Crippen LogP) is -0.335. The maximum absolute atomic E-state index is 13.5. The monoisotopic (exact) mass is 554 g/mol. The zero-order chi connectivity index (χ0) is 28.6. The molecule has 0 fully saturated rings. The lowest BCUT2D eigenvalue weighted by Gasteiger charge is -2.14. The van der Waals surface area contributed by atoms with Gasteiger partial charge in [-0.3, -0.25) is 9.59 Å². The number of nitrogens with zero attached hydrogens (tertiary/aromatic N) is 2. The van der Waals surface area contributed by atoms with Crippen LogP contribution in [0.25, 0.3) is 0 Å². The number of hydrogen-bond acceptors (Lipinski definition) is 8. The van der Waals surface area contributed by atoms with E-state index in [1.54, 1.807) is 0 Å². The number of carbonyl (C=O) groups excluding carboxylic acids is 1. The summed E-state index contributed by atoms with van der Waals surface area (Å²) in [6, 6.07) is 5.44. The first-order chi connectivity index (χ1) is 17.0. The van der Waals surface area contributed by atoms with E-state index < -0.39 is 55.6 Å². The van der Waals surface area contributed by atoms with Crippen molar-refractivity contribution in [3.05, 3.63) is 52.2 Å². The molecule has 0 aliphatic heterocycles. The Morgan fingerprint density at radius 3 is 2.32 bits per heavy atom. The van der Waals surface area contributed by atoms with Crippen molar-refractivity contribution in [2.45, 2.75) is 29.4 Å². The molecule has 0 saturated carbocycles. The van der Waals surface area contributed by atoms with Gasteiger partial charge in [0.15, 0.2) is 4.90 Å². The lowest BCUT2D eigenvalue weighted by Crippen LogP contribution is -2.37. The largest absolute Gasteiger partial charge is 0.490 e. The zero-order valence-electron chi connectivity index (χ0n) is 19.0. The van der Waals surface area contributed by atoms with Crippen LogP contribution in [0.2, 0.25) is 0 Å². The van der Waals surface area contributed by atoms with Crippen molar-refractivity contribution in [3.63, 3.8) is 0 Å². The Balaban J connectivity index is 0.000000856. The van der Waals surface area contributed by atoms with Gasteiger partial charge in [-0.05, 0) is 36.3 Å². The molecule has 13 nitrogen and oxygen atoms in total. The minimum atomic E-state index is -5.08. The van der Waals surface area contributed by atoms with Crippen LogP contribution in [0, 0.1) is 12.7 Å². The van der Waals surface area contributed by atoms with Gasteiger partial charge < -0.3 is 37.0 Å². The summed E-state index contributed by atoms with van der Waals surface area (Å²) >= 11 is 0. The number of anilines is 1. The third kappa shape index (κ3) is 8.98. The number of halogens is 4. The number of rotatable bonds is 8. The number of hydrogen-bond donors (Lipinski definition) is 5. The van der Waals surface area contributed by atoms with Crippen molar-refractivity contribution in [1.29, 1.82) is 0 Å². The number of amides is 1. The third-order valence-electron chi connectivity index (χ3n) is 4.10. The summed E-state index contributed by atoms with van der Waals surface area (Å²) in [4.78, 5) is 37.4. The molecule has 0 aliphatic rings. The molecule has 0 saturated heterocycles. The molecule has 2 rings (SSSR count). The summed E-state index contributed by atoms with van der Waals surface area (Å²) in [5.41, 5.74) is 14.9. The number of sulfone groups is 1. The summed E-state index contributed by atoms with van der Waals surface area (Å²) < 4.78 is 71.9. The maximum Gasteiger partial charge on any atom is 0.490 e. The fraction of sp³-hybridized carbons (Fsp3) is 0.263. The highest BCUT2D eigenvalue weighted by Gasteiger charge is 2.38. The molecule has 0 aliphatic carbocycles. The highest BCUT2D eigenvalue weighted by atomic mass is 32.2. The average molecular weight is 554 g/mol. The van der Waals surface area contributed by atoms with Gasteiger partial charge in [0, 0.05) is 5.69 Å². The number of carbonyl (C=O) groups is 2. The second-order valence-corrected chi connectivity index (χ2v) is 8.81. The van der Waals surface area contributed by atoms with Gasteiger partial charge in [-0.25, -0.2) is 17.6 Å². The lowest BCUT2D eigenvalue weighted by molar-refractivity contribution is -0.192. The van der Waals surface area contributed by atoms with E-state index >= 15 is 0 Å². The van der Waals surface area contributed by atoms with E-state index in [-0.39, 0.29) is 30.5 Å². The Hall–Kier alpha value is -4.35. The Kier molecular flexibility index (Phi) is 10.4. The summed E-state index contributed by atoms with van der Waals surface area (Å²) in [7, 11) is -4.42. The molecule has 0 unspecified atom stereocenters. The number of oxime groups is 1. The number of nitrogen functional groups attached to an aromatic ring is 1. The number of nitrogens with two attached hydrogens (primary N) is 3. The normalized spacial score (nSPS) is 11.1. The van der Waals surface area contributed by atoms with Crippen LogP contribution >= 0.6 is 0 Å². The minimum absolute atomic E-state index is 0.0293. The lowest BCUT2D eigenvalue weighted by atomic mass is 10.3. The molecule has 2 aromatic rings. The van der Waals surface area contributed by atoms with E-state index in [1.807, 2.05) is 0 Å². The van der Waals surface area contributed by atoms with Crippen molar-refractivity contribution in [1.82, 2.24) is 9.88 Å². The second-order valence-electron chi connectivity index (χ2n) is 6.92. The molecule has 18 heteroatoms. The molecule has 0 spiro atoms. The summed E-state index contributed by atoms with van der Waals surface area (Å²) in [6.45, 7) is 1.02. The van der Waals surface area contributed by atoms with Gasteiger partial charge in [0.1, 0.15) is 19.0 Å². The topological polar surface area (TPSA) is 222 Å². The first kappa shape index (κ1) is 30.7. The molecule has 1 amide bonds. The van der Waals surface area contributed by atoms with Crippen molar-refractivity contribution in [2.24, 2.45) is 16.6 Å². The van der Waals surface area contributed by atoms with E-state index in [9.17, 15) is 35.6 Å². The number of aromatic nitrogens is 1. The number of benzene rings is 1. The minimum Gasteiger partial charge on any atom is -0.475 e. The molecule has 0 radical (unpaired) electrons. The number of guanidine groups is 1. The van der Waals surface area contributed by atoms with E-state index in [0.29, 0.717) is 0 Å². The number of carboxylic acids is 1. The standard InChI is InChI=1S/C17H21FN6O5S.C2HF3O2/c1-10-7-13(19)15(30(27,28)12-4-2-3-11(18)8-12)16(26)24(10)9-14(25)22-5-6-29-23-17(20)21;3-2(4,5)1(6)7/h2-4,7-8H,5-6,9,19H2,1H3,(H,22,25)(H4,20,21,23);(H,6,7). The maximum atomic E-state index is 13.5. The van der Waals surface area contributed by atoms with Gasteiger partial charge in [0.05, 0.1) is 17.1 Å². The van der Waals surface area contributed by atoms with Crippen molar-refractivity contribution >= 4 is 33.4 Å². The number of pyridine rings is 1. The molecule has 1 aromatic carbocycles. The van der Waals surface area contributed by atoms with E-state index in [2.05, 4.69) is 10.5 Å². The van der Waals surface area contributed by atoms with E-state index in [4.69, 9.17) is 31.9 Å². The smallest absolute Gasteiger partial charge is 0.475 e. The predicted molar refractivity (Wildman–Crippen MR) is 120 cm³/mol. The van der Waals surface area contributed by atoms with Crippen molar-refractivity contribution in [3.8, 4) is 0 Å². The van der Waals surface area contributed by atoms with Crippen molar-refractivity contribution in [2.75, 3.05) is 18.9 Å². The van der Waals surface area contributed by atoms with Crippen LogP contribution < -0.4 is 28.1 Å². The number of carboxylic acid groups (broad SMARTS) is 1. The van der Waals surface area contributed by atoms with E-state index in [0.717, 1.165) is 22.8 Å². The first-order valence-electron chi connectivity index (χ1n) is 9.76. The Bertz CT molecular complexity index is 1340. The molecule has 8 N–H and O–H groups in total. The van der Waals surface area contributed by atoms with Crippen LogP contribution in [-0.4, -0.2) is 55.3 Å². The quantitative estimate of drug-likeness (QED) is 0.0939. The molecule has 0 bridgehead atoms. The number of alkyl halides is 3. The van der Waals surface area contributed by atoms with Crippen LogP contribution in [0.4, 0.5) is 23.2 Å². The van der Waals surface area contributed by atoms with Gasteiger partial charge >= 0.3 is 12.1 Å². The van der Waals surface area contributed by atoms with Gasteiger partial charge in [0.25, 0.3) is 5.56 Å². The Morgan fingerprint density at radius 1 is 1.22 bits per heavy atom. The molecular weight excluding hydrogens is 532 g/mol. The molecule has 204 valence electrons. The summed E-state index contributed by atoms with van der Waals surface area (Å²) in [5, 5.41) is 12.9. The van der Waals surface area contributed by atoms with Gasteiger partial charge in [-0.2, -0.15) is 13.2 Å². The third-order valence-corrected chi connectivity index (χ3v) is 5.92. The second kappa shape index (κ2) is 12.6. The van der Waals surface area contributed by atoms with Crippen LogP contribution in [0.3, 0.4) is 0 Å². The Morgan fingerprint density at radius 2 is 1.81 bits per heavy atom. The summed E-state index contributed by atoms with van der Waals surface area (Å²) in [6.07, 6.45) is -5.08. The zero-order valence-corrected chi connectivity index (χ0v) is 19.8. The Labute approximate surface area is 206 Å². The first-order valence-corrected chi connectivity index (χ1v) is 11.2. The highest BCUT2D eigenvalue weighted by Crippen LogP contribution is 2.24. The van der Waals surface area contributed by atoms with Crippen LogP contribution in [0.1, 0.15) is 5.69 Å². The highest BCUT2D eigenvalue weighted by molar-refractivity contribution is 7.91. The molecule has 0 atom stereocenters. The van der Waals surface area contributed by atoms with Crippen LogP contribution in [0.5, 0.6) is 0 Å². The molecule has 1 aromatic heterocycles. The fourth-order valence-electron chi connectivity index (χ4n) is 2.55. The molecular formula is C19H22F4N6O7S. The summed E-state index contributed by atoms with van der Waals surface area (Å²) in [5.74, 6) is -4.42. The van der Waals surface area contributed by atoms with Gasteiger partial charge in [0.2, 0.25) is 21.7 Å². The van der Waals surface area contributed by atoms with Crippen molar-refractivity contribution < 1.29 is 45.5 Å². The van der Waals surface area contributed by atoms with Gasteiger partial charge in [-0.1, -0.05) is 6.07 Å². The number of aliphatic carboxylic acids is 1. The molecule has 1 heterocycles. The van der Waals surface area contributed by atoms with Gasteiger partial charge in [-0.15, -0.1) is 0 Å². The number of nitrogens with one attached hydrogen (secondary N) is 1.